The van der Waals surface area contributed by atoms with Gasteiger partial charge in [-0.25, -0.2) is 0 Å². The van der Waals surface area contributed by atoms with Crippen LogP contribution in [0.4, 0.5) is 0 Å². The molecule has 1 rings (SSSR count). The largest absolute Gasteiger partial charge is 0.301 e. The van der Waals surface area contributed by atoms with Crippen LogP contribution in [0, 0.1) is 0 Å². The van der Waals surface area contributed by atoms with E-state index in [0.29, 0.717) is 0 Å². The summed E-state index contributed by atoms with van der Waals surface area (Å²) in [6.45, 7) is 5.07. The monoisotopic (exact) mass is 247 g/mol. The van der Waals surface area contributed by atoms with Crippen molar-refractivity contribution in [1.82, 2.24) is 4.90 Å². The van der Waals surface area contributed by atoms with E-state index in [1.165, 1.54) is 56.9 Å². The maximum absolute atomic E-state index is 3.48. The topological polar surface area (TPSA) is 3.24 Å². The van der Waals surface area contributed by atoms with Crippen LogP contribution in [0.2, 0.25) is 0 Å². The fraction of sp³-hybridized carbons (Fsp3) is 1.00. The lowest BCUT2D eigenvalue weighted by Crippen LogP contribution is -2.37. The Labute approximate surface area is 91.0 Å². The third-order valence-corrected chi connectivity index (χ3v) is 3.58. The van der Waals surface area contributed by atoms with E-state index in [9.17, 15) is 0 Å². The quantitative estimate of drug-likeness (QED) is 0.532. The first-order chi connectivity index (χ1) is 6.34. The Balaban J connectivity index is 2.09. The molecule has 1 atom stereocenters. The van der Waals surface area contributed by atoms with E-state index in [-0.39, 0.29) is 0 Å². The highest BCUT2D eigenvalue weighted by molar-refractivity contribution is 9.09. The molecule has 0 saturated carbocycles. The van der Waals surface area contributed by atoms with Crippen molar-refractivity contribution in [2.45, 2.75) is 51.5 Å². The van der Waals surface area contributed by atoms with Crippen LogP contribution in [0.3, 0.4) is 0 Å². The van der Waals surface area contributed by atoms with Crippen LogP contribution in [0.1, 0.15) is 45.4 Å². The molecule has 0 radical (unpaired) electrons. The SMILES string of the molecule is CC(CCCCBr)N1CCCCC1. The van der Waals surface area contributed by atoms with Gasteiger partial charge < -0.3 is 4.90 Å². The molecular weight excluding hydrogens is 226 g/mol. The molecule has 1 aliphatic heterocycles. The summed E-state index contributed by atoms with van der Waals surface area (Å²) in [6, 6.07) is 0.819. The number of likely N-dealkylation sites (tertiary alicyclic amines) is 1. The molecule has 1 aliphatic rings. The molecule has 78 valence electrons. The van der Waals surface area contributed by atoms with Crippen molar-refractivity contribution in [1.29, 1.82) is 0 Å². The number of nitrogens with zero attached hydrogens (tertiary/aromatic N) is 1. The number of piperidine rings is 1. The van der Waals surface area contributed by atoms with E-state index in [4.69, 9.17) is 0 Å². The zero-order valence-electron chi connectivity index (χ0n) is 8.77. The molecule has 1 fully saturated rings. The van der Waals surface area contributed by atoms with Gasteiger partial charge in [-0.3, -0.25) is 0 Å². The number of unbranched alkanes of at least 4 members (excludes halogenated alkanes) is 1. The first-order valence-corrected chi connectivity index (χ1v) is 6.76. The Morgan fingerprint density at radius 3 is 2.46 bits per heavy atom. The average Bonchev–Trinajstić information content (AvgIpc) is 2.19. The van der Waals surface area contributed by atoms with Gasteiger partial charge in [-0.15, -0.1) is 0 Å². The van der Waals surface area contributed by atoms with Crippen molar-refractivity contribution in [3.8, 4) is 0 Å². The standard InChI is InChI=1S/C11H22BrN/c1-11(7-3-4-8-12)13-9-5-2-6-10-13/h11H,2-10H2,1H3. The summed E-state index contributed by atoms with van der Waals surface area (Å²) >= 11 is 3.48. The Bertz CT molecular complexity index is 121. The maximum atomic E-state index is 3.48. The zero-order valence-corrected chi connectivity index (χ0v) is 10.4. The molecule has 0 aromatic carbocycles. The van der Waals surface area contributed by atoms with E-state index in [1.54, 1.807) is 0 Å². The molecule has 0 N–H and O–H groups in total. The normalized spacial score (nSPS) is 21.7. The first-order valence-electron chi connectivity index (χ1n) is 5.64. The molecule has 13 heavy (non-hydrogen) atoms. The van der Waals surface area contributed by atoms with E-state index in [2.05, 4.69) is 27.8 Å². The Kier molecular flexibility index (Phi) is 6.05. The Hall–Kier alpha value is 0.440. The molecule has 0 bridgehead atoms. The molecule has 2 heteroatoms. The van der Waals surface area contributed by atoms with Crippen molar-refractivity contribution in [3.05, 3.63) is 0 Å². The van der Waals surface area contributed by atoms with Crippen LogP contribution in [-0.2, 0) is 0 Å². The van der Waals surface area contributed by atoms with Crippen LogP contribution in [-0.4, -0.2) is 29.4 Å². The molecule has 0 amide bonds. The third kappa shape index (κ3) is 4.46. The van der Waals surface area contributed by atoms with Crippen molar-refractivity contribution in [2.75, 3.05) is 18.4 Å². The van der Waals surface area contributed by atoms with Gasteiger partial charge in [0.2, 0.25) is 0 Å². The summed E-state index contributed by atoms with van der Waals surface area (Å²) in [5.74, 6) is 0. The molecule has 1 saturated heterocycles. The highest BCUT2D eigenvalue weighted by atomic mass is 79.9. The highest BCUT2D eigenvalue weighted by Gasteiger charge is 2.15. The van der Waals surface area contributed by atoms with Gasteiger partial charge >= 0.3 is 0 Å². The molecular formula is C11H22BrN. The van der Waals surface area contributed by atoms with E-state index >= 15 is 0 Å². The average molecular weight is 248 g/mol. The summed E-state index contributed by atoms with van der Waals surface area (Å²) in [5.41, 5.74) is 0. The number of halogens is 1. The van der Waals surface area contributed by atoms with Crippen LogP contribution in [0.25, 0.3) is 0 Å². The minimum absolute atomic E-state index is 0.819. The number of rotatable bonds is 5. The summed E-state index contributed by atoms with van der Waals surface area (Å²) < 4.78 is 0. The van der Waals surface area contributed by atoms with Gasteiger partial charge in [0.05, 0.1) is 0 Å². The number of alkyl halides is 1. The minimum atomic E-state index is 0.819. The molecule has 0 spiro atoms. The second-order valence-electron chi connectivity index (χ2n) is 4.13. The lowest BCUT2D eigenvalue weighted by Gasteiger charge is -2.32. The van der Waals surface area contributed by atoms with E-state index in [1.807, 2.05) is 0 Å². The third-order valence-electron chi connectivity index (χ3n) is 3.02. The van der Waals surface area contributed by atoms with Crippen molar-refractivity contribution in [2.24, 2.45) is 0 Å². The fourth-order valence-electron chi connectivity index (χ4n) is 2.08. The molecule has 1 unspecified atom stereocenters. The van der Waals surface area contributed by atoms with Crippen molar-refractivity contribution in [3.63, 3.8) is 0 Å². The number of hydrogen-bond donors (Lipinski definition) is 0. The lowest BCUT2D eigenvalue weighted by atomic mass is 10.1. The van der Waals surface area contributed by atoms with Crippen LogP contribution in [0.15, 0.2) is 0 Å². The second-order valence-corrected chi connectivity index (χ2v) is 4.92. The van der Waals surface area contributed by atoms with E-state index < -0.39 is 0 Å². The predicted octanol–water partition coefficient (Wildman–Crippen LogP) is 3.43. The number of hydrogen-bond acceptors (Lipinski definition) is 1. The smallest absolute Gasteiger partial charge is 0.00669 e. The van der Waals surface area contributed by atoms with Gasteiger partial charge in [0.25, 0.3) is 0 Å². The van der Waals surface area contributed by atoms with Crippen LogP contribution < -0.4 is 0 Å². The molecule has 0 aromatic rings. The van der Waals surface area contributed by atoms with Gasteiger partial charge in [0, 0.05) is 11.4 Å². The maximum Gasteiger partial charge on any atom is 0.00669 e. The van der Waals surface area contributed by atoms with Crippen LogP contribution in [0.5, 0.6) is 0 Å². The molecule has 0 aromatic heterocycles. The molecule has 1 heterocycles. The predicted molar refractivity (Wildman–Crippen MR) is 62.5 cm³/mol. The van der Waals surface area contributed by atoms with Crippen molar-refractivity contribution < 1.29 is 0 Å². The second kappa shape index (κ2) is 6.83. The minimum Gasteiger partial charge on any atom is -0.301 e. The summed E-state index contributed by atoms with van der Waals surface area (Å²) in [4.78, 5) is 2.66. The van der Waals surface area contributed by atoms with Gasteiger partial charge in [0.1, 0.15) is 0 Å². The Morgan fingerprint density at radius 2 is 1.85 bits per heavy atom. The van der Waals surface area contributed by atoms with E-state index in [0.717, 1.165) is 6.04 Å². The Morgan fingerprint density at radius 1 is 1.15 bits per heavy atom. The summed E-state index contributed by atoms with van der Waals surface area (Å²) in [5, 5.41) is 1.17. The highest BCUT2D eigenvalue weighted by Crippen LogP contribution is 2.15. The van der Waals surface area contributed by atoms with Gasteiger partial charge in [-0.2, -0.15) is 0 Å². The first kappa shape index (κ1) is 11.5. The summed E-state index contributed by atoms with van der Waals surface area (Å²) in [7, 11) is 0. The molecule has 0 aliphatic carbocycles. The van der Waals surface area contributed by atoms with Gasteiger partial charge in [-0.05, 0) is 45.7 Å². The molecule has 1 nitrogen and oxygen atoms in total. The van der Waals surface area contributed by atoms with Crippen molar-refractivity contribution >= 4 is 15.9 Å². The van der Waals surface area contributed by atoms with Gasteiger partial charge in [-0.1, -0.05) is 28.8 Å². The fourth-order valence-corrected chi connectivity index (χ4v) is 2.47. The summed E-state index contributed by atoms with van der Waals surface area (Å²) in [6.07, 6.45) is 8.38. The van der Waals surface area contributed by atoms with Crippen LogP contribution >= 0.6 is 15.9 Å². The lowest BCUT2D eigenvalue weighted by molar-refractivity contribution is 0.164. The van der Waals surface area contributed by atoms with Gasteiger partial charge in [0.15, 0.2) is 0 Å². The zero-order chi connectivity index (χ0) is 9.52.